The van der Waals surface area contributed by atoms with Crippen molar-refractivity contribution in [1.82, 2.24) is 9.13 Å². The molecule has 3 rings (SSSR count). The van der Waals surface area contributed by atoms with E-state index in [1.807, 2.05) is 0 Å². The molecule has 1 unspecified atom stereocenters. The number of hydrogen-bond acceptors (Lipinski definition) is 6. The van der Waals surface area contributed by atoms with Crippen molar-refractivity contribution >= 4 is 34.5 Å². The van der Waals surface area contributed by atoms with Crippen LogP contribution in [0.4, 0.5) is 19.0 Å². The van der Waals surface area contributed by atoms with Gasteiger partial charge in [0, 0.05) is 0 Å². The molecule has 0 spiro atoms. The van der Waals surface area contributed by atoms with E-state index in [0.29, 0.717) is 3.58 Å². The van der Waals surface area contributed by atoms with Crippen molar-refractivity contribution in [2.45, 2.75) is 32.4 Å². The van der Waals surface area contributed by atoms with Crippen LogP contribution in [0.15, 0.2) is 38.8 Å². The van der Waals surface area contributed by atoms with Gasteiger partial charge in [-0.25, -0.2) is 0 Å². The predicted octanol–water partition coefficient (Wildman–Crippen LogP) is 0.626. The Morgan fingerprint density at radius 3 is 2.62 bits per heavy atom. The van der Waals surface area contributed by atoms with E-state index in [-0.39, 0.29) is 28.4 Å². The zero-order chi connectivity index (χ0) is 21.3. The molecule has 1 aromatic carbocycles. The Labute approximate surface area is 172 Å². The van der Waals surface area contributed by atoms with Gasteiger partial charge in [0.1, 0.15) is 0 Å². The number of benzene rings is 1. The normalized spacial score (nSPS) is 14.3. The van der Waals surface area contributed by atoms with Gasteiger partial charge in [-0.05, 0) is 0 Å². The van der Waals surface area contributed by atoms with Crippen LogP contribution in [0, 0.1) is 0 Å². The molecule has 29 heavy (non-hydrogen) atoms. The number of ether oxygens (including phenoxy) is 2. The first kappa shape index (κ1) is 21.4. The molecule has 1 N–H and O–H groups in total. The fraction of sp³-hybridized carbons (Fsp3) is 0.353. The van der Waals surface area contributed by atoms with Gasteiger partial charge >= 0.3 is 172 Å². The van der Waals surface area contributed by atoms with E-state index in [0.717, 1.165) is 16.7 Å². The number of aliphatic imine (C=N–C) groups is 1. The van der Waals surface area contributed by atoms with Crippen LogP contribution in [0.1, 0.15) is 13.3 Å². The van der Waals surface area contributed by atoms with E-state index in [9.17, 15) is 27.9 Å². The quantitative estimate of drug-likeness (QED) is 0.587. The second-order valence-corrected chi connectivity index (χ2v) is 9.66. The molecule has 2 aromatic rings. The van der Waals surface area contributed by atoms with E-state index in [2.05, 4.69) is 9.73 Å². The Hall–Kier alpha value is -2.28. The van der Waals surface area contributed by atoms with E-state index in [1.165, 1.54) is 23.7 Å². The van der Waals surface area contributed by atoms with E-state index < -0.39 is 50.6 Å². The van der Waals surface area contributed by atoms with E-state index in [4.69, 9.17) is 4.74 Å². The van der Waals surface area contributed by atoms with Gasteiger partial charge < -0.3 is 0 Å². The zero-order valence-corrected chi connectivity index (χ0v) is 18.2. The first-order valence-corrected chi connectivity index (χ1v) is 11.3. The molecular formula is C17H16F3N3O5Sn. The third-order valence-corrected chi connectivity index (χ3v) is 7.16. The number of fused-ring (bicyclic) bond motifs is 1. The van der Waals surface area contributed by atoms with Gasteiger partial charge in [0.25, 0.3) is 0 Å². The molecule has 0 bridgehead atoms. The molecule has 2 heterocycles. The monoisotopic (exact) mass is 519 g/mol. The zero-order valence-electron chi connectivity index (χ0n) is 15.4. The second-order valence-electron chi connectivity index (χ2n) is 6.30. The summed E-state index contributed by atoms with van der Waals surface area (Å²) in [5.41, 5.74) is -1.02. The third-order valence-electron chi connectivity index (χ3n) is 3.98. The van der Waals surface area contributed by atoms with Gasteiger partial charge in [-0.3, -0.25) is 0 Å². The summed E-state index contributed by atoms with van der Waals surface area (Å²) in [6.07, 6.45) is -5.25. The summed E-state index contributed by atoms with van der Waals surface area (Å²) in [6, 6.07) is 4.98. The van der Waals surface area contributed by atoms with Gasteiger partial charge in [0.05, 0.1) is 0 Å². The summed E-state index contributed by atoms with van der Waals surface area (Å²) in [5.74, 6) is -0.152. The summed E-state index contributed by atoms with van der Waals surface area (Å²) in [7, 11) is 1.48. The van der Waals surface area contributed by atoms with Crippen molar-refractivity contribution in [2.75, 3.05) is 0 Å². The van der Waals surface area contributed by atoms with Crippen LogP contribution in [0.2, 0.25) is 0 Å². The van der Waals surface area contributed by atoms with Crippen LogP contribution in [-0.2, 0) is 13.6 Å². The SMILES string of the molecule is CC(O)CCn1c(=O)[c]2c(n(C)c1=O)N=[C](Oc1cccc(OC(F)(F)F)c1)[Sn]2. The maximum absolute atomic E-state index is 12.7. The molecule has 1 aromatic heterocycles. The molecule has 0 saturated carbocycles. The van der Waals surface area contributed by atoms with Crippen LogP contribution in [0.5, 0.6) is 11.5 Å². The average Bonchev–Trinajstić information content (AvgIpc) is 3.02. The number of aromatic nitrogens is 2. The van der Waals surface area contributed by atoms with Gasteiger partial charge in [-0.1, -0.05) is 0 Å². The molecule has 1 atom stereocenters. The van der Waals surface area contributed by atoms with Crippen LogP contribution in [0.25, 0.3) is 0 Å². The second kappa shape index (κ2) is 8.22. The molecular weight excluding hydrogens is 502 g/mol. The van der Waals surface area contributed by atoms with Crippen LogP contribution < -0.4 is 24.3 Å². The topological polar surface area (TPSA) is 95.1 Å². The number of aliphatic hydroxyl groups is 1. The number of nitrogens with zero attached hydrogens (tertiary/aromatic N) is 3. The summed E-state index contributed by atoms with van der Waals surface area (Å²) in [4.78, 5) is 29.3. The van der Waals surface area contributed by atoms with E-state index in [1.54, 1.807) is 6.92 Å². The maximum atomic E-state index is 12.7. The Morgan fingerprint density at radius 2 is 1.97 bits per heavy atom. The predicted molar refractivity (Wildman–Crippen MR) is 98.5 cm³/mol. The molecule has 1 aliphatic rings. The number of halogens is 3. The first-order valence-electron chi connectivity index (χ1n) is 8.46. The molecule has 1 aliphatic heterocycles. The Morgan fingerprint density at radius 1 is 1.28 bits per heavy atom. The number of alkyl halides is 3. The molecule has 2 radical (unpaired) electrons. The summed E-state index contributed by atoms with van der Waals surface area (Å²) in [6.45, 7) is 1.63. The number of rotatable bonds is 5. The fourth-order valence-corrected chi connectivity index (χ4v) is 5.84. The van der Waals surface area contributed by atoms with Crippen LogP contribution >= 0.6 is 0 Å². The Bertz CT molecular complexity index is 1080. The molecule has 0 saturated heterocycles. The molecule has 0 aliphatic carbocycles. The van der Waals surface area contributed by atoms with Crippen molar-refractivity contribution in [3.05, 3.63) is 45.1 Å². The molecule has 12 heteroatoms. The van der Waals surface area contributed by atoms with Crippen molar-refractivity contribution in [2.24, 2.45) is 12.0 Å². The van der Waals surface area contributed by atoms with Gasteiger partial charge in [0.15, 0.2) is 0 Å². The van der Waals surface area contributed by atoms with E-state index >= 15 is 0 Å². The van der Waals surface area contributed by atoms with Crippen molar-refractivity contribution in [1.29, 1.82) is 0 Å². The standard InChI is InChI=1S/C17H16F3N3O5.Sn/c1-11(24)6-7-23-15(25)9-14(22(2)16(23)26)21-10-27-12-4-3-5-13(8-12)28-17(18,19)20;/h3-5,8,11,24H,6-7H2,1-2H3;. The summed E-state index contributed by atoms with van der Waals surface area (Å²) < 4.78 is 49.5. The minimum absolute atomic E-state index is 0.0723. The van der Waals surface area contributed by atoms with Crippen molar-refractivity contribution in [3.63, 3.8) is 0 Å². The molecule has 0 amide bonds. The number of aliphatic hydroxyl groups excluding tert-OH is 1. The van der Waals surface area contributed by atoms with Crippen molar-refractivity contribution < 1.29 is 27.8 Å². The Kier molecular flexibility index (Phi) is 6.08. The fourth-order valence-electron chi connectivity index (χ4n) is 2.64. The summed E-state index contributed by atoms with van der Waals surface area (Å²) >= 11 is -1.83. The third kappa shape index (κ3) is 5.01. The minimum atomic E-state index is -4.83. The van der Waals surface area contributed by atoms with Crippen LogP contribution in [-0.4, -0.2) is 51.8 Å². The molecule has 8 nitrogen and oxygen atoms in total. The number of hydrogen-bond donors (Lipinski definition) is 1. The van der Waals surface area contributed by atoms with Gasteiger partial charge in [-0.2, -0.15) is 0 Å². The average molecular weight is 518 g/mol. The van der Waals surface area contributed by atoms with Crippen molar-refractivity contribution in [3.8, 4) is 11.5 Å². The molecule has 0 fully saturated rings. The van der Waals surface area contributed by atoms with Crippen LogP contribution in [0.3, 0.4) is 0 Å². The first-order chi connectivity index (χ1) is 13.5. The van der Waals surface area contributed by atoms with Gasteiger partial charge in [-0.15, -0.1) is 0 Å². The van der Waals surface area contributed by atoms with Gasteiger partial charge in [0.2, 0.25) is 0 Å². The molecule has 154 valence electrons. The Balaban J connectivity index is 1.85. The summed E-state index contributed by atoms with van der Waals surface area (Å²) in [5, 5.41) is 9.42.